The number of benzene rings is 1. The van der Waals surface area contributed by atoms with Crippen molar-refractivity contribution in [3.05, 3.63) is 71.4 Å². The number of carbonyl (C=O) groups is 1. The summed E-state index contributed by atoms with van der Waals surface area (Å²) in [6, 6.07) is 7.80. The summed E-state index contributed by atoms with van der Waals surface area (Å²) < 4.78 is 35.4. The lowest BCUT2D eigenvalue weighted by molar-refractivity contribution is 0.100. The second-order valence-corrected chi connectivity index (χ2v) is 7.62. The van der Waals surface area contributed by atoms with Gasteiger partial charge in [-0.25, -0.2) is 9.37 Å². The molecule has 3 aromatic heterocycles. The molecule has 0 spiro atoms. The smallest absolute Gasteiger partial charge is 0.252 e. The van der Waals surface area contributed by atoms with Crippen molar-refractivity contribution in [2.75, 3.05) is 12.4 Å². The van der Waals surface area contributed by atoms with Crippen LogP contribution in [0, 0.1) is 11.8 Å². The predicted octanol–water partition coefficient (Wildman–Crippen LogP) is 3.73. The molecule has 1 aromatic carbocycles. The van der Waals surface area contributed by atoms with Crippen LogP contribution in [0.3, 0.4) is 0 Å². The summed E-state index contributed by atoms with van der Waals surface area (Å²) in [6.45, 7) is 1.90. The molecule has 0 aliphatic rings. The second kappa shape index (κ2) is 8.91. The number of rotatable bonds is 7. The molecule has 4 rings (SSSR count). The molecule has 170 valence electrons. The summed E-state index contributed by atoms with van der Waals surface area (Å²) >= 11 is 0. The lowest BCUT2D eigenvalue weighted by Gasteiger charge is -2.18. The van der Waals surface area contributed by atoms with Crippen molar-refractivity contribution in [1.29, 1.82) is 0 Å². The summed E-state index contributed by atoms with van der Waals surface area (Å²) in [4.78, 5) is 20.4. The lowest BCUT2D eigenvalue weighted by Crippen LogP contribution is -2.17. The van der Waals surface area contributed by atoms with Crippen molar-refractivity contribution >= 4 is 22.5 Å². The largest absolute Gasteiger partial charge is 0.378 e. The zero-order valence-electron chi connectivity index (χ0n) is 18.3. The van der Waals surface area contributed by atoms with Crippen LogP contribution in [0.2, 0.25) is 0 Å². The number of pyridine rings is 2. The zero-order valence-corrected chi connectivity index (χ0v) is 18.3. The number of primary amides is 1. The van der Waals surface area contributed by atoms with Crippen LogP contribution >= 0.6 is 0 Å². The molecule has 0 saturated carbocycles. The topological polar surface area (TPSA) is 108 Å². The second-order valence-electron chi connectivity index (χ2n) is 7.62. The first kappa shape index (κ1) is 22.3. The maximum absolute atomic E-state index is 14.7. The molecule has 3 heterocycles. The third-order valence-corrected chi connectivity index (χ3v) is 5.22. The Bertz CT molecular complexity index is 1350. The Hall–Kier alpha value is -3.92. The fourth-order valence-corrected chi connectivity index (χ4v) is 3.67. The average Bonchev–Trinajstić information content (AvgIpc) is 3.12. The molecule has 33 heavy (non-hydrogen) atoms. The third kappa shape index (κ3) is 4.37. The van der Waals surface area contributed by atoms with E-state index in [1.54, 1.807) is 44.3 Å². The number of methoxy groups -OCH3 is 1. The molecule has 4 aromatic rings. The van der Waals surface area contributed by atoms with Gasteiger partial charge < -0.3 is 15.8 Å². The number of hydrogen-bond acceptors (Lipinski definition) is 6. The van der Waals surface area contributed by atoms with Gasteiger partial charge in [0.25, 0.3) is 5.91 Å². The molecule has 1 unspecified atom stereocenters. The van der Waals surface area contributed by atoms with E-state index in [1.165, 1.54) is 24.2 Å². The van der Waals surface area contributed by atoms with E-state index in [9.17, 15) is 13.6 Å². The highest BCUT2D eigenvalue weighted by molar-refractivity contribution is 6.07. The number of hydrogen-bond donors (Lipinski definition) is 2. The maximum atomic E-state index is 14.7. The number of nitrogens with one attached hydrogen (secondary N) is 1. The van der Waals surface area contributed by atoms with Gasteiger partial charge in [-0.15, -0.1) is 0 Å². The van der Waals surface area contributed by atoms with Crippen molar-refractivity contribution < 1.29 is 18.3 Å². The highest BCUT2D eigenvalue weighted by Gasteiger charge is 2.21. The first-order valence-corrected chi connectivity index (χ1v) is 10.1. The Labute approximate surface area is 188 Å². The van der Waals surface area contributed by atoms with Crippen LogP contribution in [0.5, 0.6) is 0 Å². The Balaban J connectivity index is 1.83. The van der Waals surface area contributed by atoms with E-state index in [-0.39, 0.29) is 23.4 Å². The fourth-order valence-electron chi connectivity index (χ4n) is 3.67. The minimum atomic E-state index is -0.706. The first-order chi connectivity index (χ1) is 15.8. The number of carbonyl (C=O) groups excluding carboxylic acids is 1. The third-order valence-electron chi connectivity index (χ3n) is 5.22. The van der Waals surface area contributed by atoms with Crippen molar-refractivity contribution in [3.63, 3.8) is 0 Å². The van der Waals surface area contributed by atoms with Gasteiger partial charge in [0.05, 0.1) is 41.3 Å². The summed E-state index contributed by atoms with van der Waals surface area (Å²) in [6.07, 6.45) is 2.62. The van der Waals surface area contributed by atoms with Gasteiger partial charge in [0, 0.05) is 31.3 Å². The molecule has 0 radical (unpaired) electrons. The molecule has 0 saturated heterocycles. The van der Waals surface area contributed by atoms with Gasteiger partial charge in [0.2, 0.25) is 5.95 Å². The molecule has 10 heteroatoms. The van der Waals surface area contributed by atoms with Crippen LogP contribution < -0.4 is 11.1 Å². The van der Waals surface area contributed by atoms with Gasteiger partial charge in [0.1, 0.15) is 5.69 Å². The van der Waals surface area contributed by atoms with Crippen LogP contribution in [-0.2, 0) is 18.4 Å². The summed E-state index contributed by atoms with van der Waals surface area (Å²) in [5.74, 6) is -1.84. The number of amides is 1. The number of halogens is 2. The Morgan fingerprint density at radius 2 is 2.06 bits per heavy atom. The predicted molar refractivity (Wildman–Crippen MR) is 119 cm³/mol. The fraction of sp³-hybridized carbons (Fsp3) is 0.217. The minimum Gasteiger partial charge on any atom is -0.378 e. The van der Waals surface area contributed by atoms with Gasteiger partial charge >= 0.3 is 0 Å². The number of nitrogens with zero attached hydrogens (tertiary/aromatic N) is 4. The molecular weight excluding hydrogens is 430 g/mol. The van der Waals surface area contributed by atoms with Crippen molar-refractivity contribution in [3.8, 4) is 11.1 Å². The van der Waals surface area contributed by atoms with Crippen molar-refractivity contribution in [2.24, 2.45) is 12.8 Å². The maximum Gasteiger partial charge on any atom is 0.252 e. The standard InChI is InChI=1S/C23H22F2N6O2/c1-12(20-18(24)10-31(2)30-20)28-21-16-8-13(4-7-19(16)27-9-17(21)23(26)32)15-6-5-14(11-33-3)29-22(15)25/h4-10,12H,11H2,1-3H3,(H2,26,32)(H,27,28). The van der Waals surface area contributed by atoms with Crippen LogP contribution in [0.15, 0.2) is 42.7 Å². The highest BCUT2D eigenvalue weighted by atomic mass is 19.1. The molecule has 0 aliphatic heterocycles. The first-order valence-electron chi connectivity index (χ1n) is 10.1. The molecule has 0 fully saturated rings. The number of fused-ring (bicyclic) bond motifs is 1. The Kier molecular flexibility index (Phi) is 6.01. The molecule has 1 amide bonds. The summed E-state index contributed by atoms with van der Waals surface area (Å²) in [7, 11) is 3.12. The van der Waals surface area contributed by atoms with Crippen LogP contribution in [0.1, 0.15) is 34.7 Å². The summed E-state index contributed by atoms with van der Waals surface area (Å²) in [5.41, 5.74) is 8.05. The number of anilines is 1. The number of ether oxygens (including phenoxy) is 1. The van der Waals surface area contributed by atoms with Crippen LogP contribution in [-0.4, -0.2) is 32.8 Å². The highest BCUT2D eigenvalue weighted by Crippen LogP contribution is 2.33. The number of aryl methyl sites for hydroxylation is 1. The molecular formula is C23H22F2N6O2. The molecule has 8 nitrogen and oxygen atoms in total. The SMILES string of the molecule is COCc1ccc(-c2ccc3ncc(C(N)=O)c(NC(C)c4nn(C)cc4F)c3c2)c(F)n1. The van der Waals surface area contributed by atoms with E-state index >= 15 is 0 Å². The van der Waals surface area contributed by atoms with Gasteiger partial charge in [-0.1, -0.05) is 6.07 Å². The van der Waals surface area contributed by atoms with E-state index in [0.29, 0.717) is 27.8 Å². The van der Waals surface area contributed by atoms with Gasteiger partial charge in [-0.3, -0.25) is 14.5 Å². The van der Waals surface area contributed by atoms with Gasteiger partial charge in [0.15, 0.2) is 5.82 Å². The quantitative estimate of drug-likeness (QED) is 0.414. The molecule has 1 atom stereocenters. The minimum absolute atomic E-state index is 0.122. The van der Waals surface area contributed by atoms with Crippen LogP contribution in [0.4, 0.5) is 14.5 Å². The lowest BCUT2D eigenvalue weighted by atomic mass is 10.0. The monoisotopic (exact) mass is 452 g/mol. The number of nitrogens with two attached hydrogens (primary N) is 1. The normalized spacial score (nSPS) is 12.2. The molecule has 3 N–H and O–H groups in total. The Morgan fingerprint density at radius 3 is 2.70 bits per heavy atom. The van der Waals surface area contributed by atoms with E-state index < -0.39 is 23.7 Å². The van der Waals surface area contributed by atoms with E-state index in [0.717, 1.165) is 0 Å². The van der Waals surface area contributed by atoms with E-state index in [2.05, 4.69) is 20.4 Å². The van der Waals surface area contributed by atoms with Gasteiger partial charge in [-0.2, -0.15) is 9.49 Å². The average molecular weight is 452 g/mol. The van der Waals surface area contributed by atoms with E-state index in [4.69, 9.17) is 10.5 Å². The van der Waals surface area contributed by atoms with Crippen molar-refractivity contribution in [2.45, 2.75) is 19.6 Å². The molecule has 0 aliphatic carbocycles. The summed E-state index contributed by atoms with van der Waals surface area (Å²) in [5, 5.41) is 7.80. The number of aromatic nitrogens is 4. The van der Waals surface area contributed by atoms with E-state index in [1.807, 2.05) is 0 Å². The van der Waals surface area contributed by atoms with Gasteiger partial charge in [-0.05, 0) is 36.8 Å². The van der Waals surface area contributed by atoms with Crippen molar-refractivity contribution in [1.82, 2.24) is 19.7 Å². The van der Waals surface area contributed by atoms with Crippen LogP contribution in [0.25, 0.3) is 22.0 Å². The zero-order chi connectivity index (χ0) is 23.7. The molecule has 0 bridgehead atoms. The Morgan fingerprint density at radius 1 is 1.27 bits per heavy atom.